The smallest absolute Gasteiger partial charge is 0.258 e. The van der Waals surface area contributed by atoms with Gasteiger partial charge in [0.25, 0.3) is 5.56 Å². The summed E-state index contributed by atoms with van der Waals surface area (Å²) in [6.07, 6.45) is 0. The van der Waals surface area contributed by atoms with Crippen LogP contribution < -0.4 is 10.5 Å². The molecule has 33 heavy (non-hydrogen) atoms. The Hall–Kier alpha value is -3.41. The van der Waals surface area contributed by atoms with Gasteiger partial charge < -0.3 is 14.6 Å². The molecule has 1 aliphatic rings. The van der Waals surface area contributed by atoms with Crippen LogP contribution in [0, 0.1) is 0 Å². The molecular weight excluding hydrogens is 410 g/mol. The molecule has 0 spiro atoms. The molecule has 0 amide bonds. The van der Waals surface area contributed by atoms with E-state index in [1.807, 2.05) is 24.3 Å². The van der Waals surface area contributed by atoms with E-state index in [1.54, 1.807) is 11.6 Å². The van der Waals surface area contributed by atoms with Crippen molar-refractivity contribution in [3.05, 3.63) is 112 Å². The van der Waals surface area contributed by atoms with E-state index in [2.05, 4.69) is 70.5 Å². The minimum Gasteiger partial charge on any atom is -0.391 e. The minimum absolute atomic E-state index is 0.125. The van der Waals surface area contributed by atoms with Crippen LogP contribution in [0.2, 0.25) is 0 Å². The third-order valence-electron chi connectivity index (χ3n) is 6.75. The fourth-order valence-corrected chi connectivity index (χ4v) is 5.13. The third kappa shape index (κ3) is 3.94. The number of para-hydroxylation sites is 1. The van der Waals surface area contributed by atoms with Crippen LogP contribution in [0.25, 0.3) is 10.9 Å². The predicted molar refractivity (Wildman–Crippen MR) is 134 cm³/mol. The van der Waals surface area contributed by atoms with Crippen LogP contribution in [0.3, 0.4) is 0 Å². The molecule has 1 aromatic heterocycles. The van der Waals surface area contributed by atoms with Crippen LogP contribution >= 0.6 is 0 Å². The molecule has 3 aromatic carbocycles. The number of piperazine rings is 1. The number of fused-ring (bicyclic) bond motifs is 1. The van der Waals surface area contributed by atoms with Crippen molar-refractivity contribution >= 4 is 16.6 Å². The van der Waals surface area contributed by atoms with Crippen molar-refractivity contribution in [1.82, 2.24) is 9.47 Å². The lowest BCUT2D eigenvalue weighted by atomic mass is 9.96. The number of hydrogen-bond donors (Lipinski definition) is 1. The van der Waals surface area contributed by atoms with Crippen molar-refractivity contribution in [3.63, 3.8) is 0 Å². The van der Waals surface area contributed by atoms with Crippen molar-refractivity contribution in [2.75, 3.05) is 31.1 Å². The van der Waals surface area contributed by atoms with E-state index in [4.69, 9.17) is 0 Å². The second-order valence-corrected chi connectivity index (χ2v) is 8.61. The molecule has 168 valence electrons. The highest BCUT2D eigenvalue weighted by Gasteiger charge is 2.28. The van der Waals surface area contributed by atoms with Gasteiger partial charge in [0.05, 0.1) is 29.4 Å². The number of anilines is 1. The zero-order valence-electron chi connectivity index (χ0n) is 18.9. The number of nitrogens with zero attached hydrogens (tertiary/aromatic N) is 3. The molecule has 0 unspecified atom stereocenters. The van der Waals surface area contributed by atoms with E-state index < -0.39 is 0 Å². The number of benzene rings is 3. The van der Waals surface area contributed by atoms with E-state index in [0.717, 1.165) is 42.8 Å². The summed E-state index contributed by atoms with van der Waals surface area (Å²) in [6.45, 7) is 3.05. The first kappa shape index (κ1) is 21.4. The van der Waals surface area contributed by atoms with Crippen LogP contribution in [0.1, 0.15) is 22.7 Å². The molecule has 5 heteroatoms. The summed E-state index contributed by atoms with van der Waals surface area (Å²) >= 11 is 0. The Bertz CT molecular complexity index is 1250. The van der Waals surface area contributed by atoms with Gasteiger partial charge in [-0.05, 0) is 17.2 Å². The van der Waals surface area contributed by atoms with Gasteiger partial charge in [-0.1, -0.05) is 78.9 Å². The summed E-state index contributed by atoms with van der Waals surface area (Å²) in [6, 6.07) is 29.4. The summed E-state index contributed by atoms with van der Waals surface area (Å²) < 4.78 is 1.64. The van der Waals surface area contributed by atoms with E-state index in [9.17, 15) is 9.90 Å². The molecule has 1 fully saturated rings. The highest BCUT2D eigenvalue weighted by molar-refractivity contribution is 5.93. The van der Waals surface area contributed by atoms with Crippen LogP contribution in [-0.2, 0) is 13.7 Å². The Morgan fingerprint density at radius 1 is 0.788 bits per heavy atom. The van der Waals surface area contributed by atoms with E-state index in [1.165, 1.54) is 11.1 Å². The molecule has 0 saturated carbocycles. The number of pyridine rings is 1. The fraction of sp³-hybridized carbons (Fsp3) is 0.250. The second-order valence-electron chi connectivity index (χ2n) is 8.61. The first-order valence-electron chi connectivity index (χ1n) is 11.5. The number of hydrogen-bond acceptors (Lipinski definition) is 4. The maximum atomic E-state index is 13.0. The largest absolute Gasteiger partial charge is 0.391 e. The molecule has 2 heterocycles. The predicted octanol–water partition coefficient (Wildman–Crippen LogP) is 3.94. The van der Waals surface area contributed by atoms with Gasteiger partial charge in [-0.15, -0.1) is 0 Å². The third-order valence-corrected chi connectivity index (χ3v) is 6.75. The average Bonchev–Trinajstić information content (AvgIpc) is 2.88. The minimum atomic E-state index is -0.260. The maximum Gasteiger partial charge on any atom is 0.258 e. The fourth-order valence-electron chi connectivity index (χ4n) is 5.13. The zero-order valence-corrected chi connectivity index (χ0v) is 18.9. The molecular formula is C28H29N3O2. The molecule has 5 rings (SSSR count). The first-order chi connectivity index (χ1) is 16.2. The Kier molecular flexibility index (Phi) is 5.99. The summed E-state index contributed by atoms with van der Waals surface area (Å²) in [7, 11) is 1.77. The normalized spacial score (nSPS) is 14.8. The van der Waals surface area contributed by atoms with E-state index >= 15 is 0 Å². The Balaban J connectivity index is 1.49. The second kappa shape index (κ2) is 9.22. The molecule has 0 atom stereocenters. The highest BCUT2D eigenvalue weighted by Crippen LogP contribution is 2.33. The number of rotatable bonds is 5. The van der Waals surface area contributed by atoms with Gasteiger partial charge in [0.1, 0.15) is 0 Å². The summed E-state index contributed by atoms with van der Waals surface area (Å²) in [5, 5.41) is 11.1. The standard InChI is InChI=1S/C28H29N3O2/c1-29-25-15-9-8-14-23(25)27(24(20-32)28(29)33)31-18-16-30(17-19-31)26(21-10-4-2-5-11-21)22-12-6-3-7-13-22/h2-15,26,32H,16-20H2,1H3. The van der Waals surface area contributed by atoms with Crippen molar-refractivity contribution in [3.8, 4) is 0 Å². The SMILES string of the molecule is Cn1c(=O)c(CO)c(N2CCN(C(c3ccccc3)c3ccccc3)CC2)c2ccccc21. The van der Waals surface area contributed by atoms with Crippen molar-refractivity contribution in [2.45, 2.75) is 12.6 Å². The first-order valence-corrected chi connectivity index (χ1v) is 11.5. The number of aliphatic hydroxyl groups is 1. The molecule has 5 nitrogen and oxygen atoms in total. The molecule has 0 bridgehead atoms. The number of aryl methyl sites for hydroxylation is 1. The highest BCUT2D eigenvalue weighted by atomic mass is 16.3. The average molecular weight is 440 g/mol. The lowest BCUT2D eigenvalue weighted by Gasteiger charge is -2.41. The lowest BCUT2D eigenvalue weighted by molar-refractivity contribution is 0.212. The van der Waals surface area contributed by atoms with Gasteiger partial charge in [-0.3, -0.25) is 9.69 Å². The van der Waals surface area contributed by atoms with Crippen LogP contribution in [0.15, 0.2) is 89.7 Å². The molecule has 1 saturated heterocycles. The lowest BCUT2D eigenvalue weighted by Crippen LogP contribution is -2.48. The van der Waals surface area contributed by atoms with Gasteiger partial charge >= 0.3 is 0 Å². The van der Waals surface area contributed by atoms with E-state index in [0.29, 0.717) is 5.56 Å². The topological polar surface area (TPSA) is 48.7 Å². The van der Waals surface area contributed by atoms with Crippen LogP contribution in [0.4, 0.5) is 5.69 Å². The van der Waals surface area contributed by atoms with Crippen molar-refractivity contribution in [2.24, 2.45) is 7.05 Å². The molecule has 0 aliphatic carbocycles. The van der Waals surface area contributed by atoms with Gasteiger partial charge in [0.15, 0.2) is 0 Å². The Morgan fingerprint density at radius 2 is 1.33 bits per heavy atom. The van der Waals surface area contributed by atoms with Crippen molar-refractivity contribution < 1.29 is 5.11 Å². The maximum absolute atomic E-state index is 13.0. The quantitative estimate of drug-likeness (QED) is 0.512. The van der Waals surface area contributed by atoms with Crippen molar-refractivity contribution in [1.29, 1.82) is 0 Å². The number of aliphatic hydroxyl groups excluding tert-OH is 1. The summed E-state index contributed by atoms with van der Waals surface area (Å²) in [5.41, 5.74) is 4.70. The molecule has 4 aromatic rings. The Labute approximate surface area is 194 Å². The van der Waals surface area contributed by atoms with Gasteiger partial charge in [0.2, 0.25) is 0 Å². The monoisotopic (exact) mass is 439 g/mol. The molecule has 1 N–H and O–H groups in total. The zero-order chi connectivity index (χ0) is 22.8. The van der Waals surface area contributed by atoms with Gasteiger partial charge in [0, 0.05) is 38.6 Å². The van der Waals surface area contributed by atoms with Crippen LogP contribution in [0.5, 0.6) is 0 Å². The van der Waals surface area contributed by atoms with Gasteiger partial charge in [-0.25, -0.2) is 0 Å². The van der Waals surface area contributed by atoms with Crippen LogP contribution in [-0.4, -0.2) is 40.8 Å². The summed E-state index contributed by atoms with van der Waals surface area (Å²) in [5.74, 6) is 0. The Morgan fingerprint density at radius 3 is 1.91 bits per heavy atom. The molecule has 1 aliphatic heterocycles. The number of aromatic nitrogens is 1. The van der Waals surface area contributed by atoms with E-state index in [-0.39, 0.29) is 18.2 Å². The molecule has 0 radical (unpaired) electrons. The van der Waals surface area contributed by atoms with Gasteiger partial charge in [-0.2, -0.15) is 0 Å². The summed E-state index contributed by atoms with van der Waals surface area (Å²) in [4.78, 5) is 17.8.